The van der Waals surface area contributed by atoms with Gasteiger partial charge in [-0.3, -0.25) is 0 Å². The Morgan fingerprint density at radius 3 is 2.36 bits per heavy atom. The standard InChI is InChI=1S/C7H5ClINS/c8-5-1-3-6(4-2-5)10-7(9)11/h1-4H,(H,10,11). The lowest BCUT2D eigenvalue weighted by atomic mass is 10.3. The van der Waals surface area contributed by atoms with Crippen molar-refractivity contribution in [1.82, 2.24) is 0 Å². The fourth-order valence-corrected chi connectivity index (χ4v) is 1.20. The van der Waals surface area contributed by atoms with Crippen molar-refractivity contribution in [2.75, 3.05) is 5.32 Å². The maximum atomic E-state index is 5.69. The summed E-state index contributed by atoms with van der Waals surface area (Å²) in [5, 5.41) is 3.72. The molecule has 0 saturated carbocycles. The molecule has 0 radical (unpaired) electrons. The van der Waals surface area contributed by atoms with Crippen LogP contribution in [0.4, 0.5) is 5.69 Å². The van der Waals surface area contributed by atoms with E-state index in [-0.39, 0.29) is 0 Å². The highest BCUT2D eigenvalue weighted by Crippen LogP contribution is 2.13. The van der Waals surface area contributed by atoms with Crippen LogP contribution in [0.15, 0.2) is 24.3 Å². The van der Waals surface area contributed by atoms with Crippen molar-refractivity contribution < 1.29 is 0 Å². The first kappa shape index (κ1) is 9.22. The quantitative estimate of drug-likeness (QED) is 0.369. The van der Waals surface area contributed by atoms with Crippen LogP contribution in [0.2, 0.25) is 5.02 Å². The molecule has 0 spiro atoms. The number of benzene rings is 1. The third-order valence-electron chi connectivity index (χ3n) is 1.09. The molecule has 4 heteroatoms. The molecule has 1 N–H and O–H groups in total. The molecule has 0 fully saturated rings. The normalized spacial score (nSPS) is 9.27. The number of hydrogen-bond acceptors (Lipinski definition) is 1. The Morgan fingerprint density at radius 1 is 1.36 bits per heavy atom. The van der Waals surface area contributed by atoms with Crippen LogP contribution in [0, 0.1) is 0 Å². The van der Waals surface area contributed by atoms with Crippen LogP contribution >= 0.6 is 46.4 Å². The summed E-state index contributed by atoms with van der Waals surface area (Å²) in [7, 11) is 0. The summed E-state index contributed by atoms with van der Waals surface area (Å²) in [4.78, 5) is 0. The molecule has 0 aliphatic carbocycles. The monoisotopic (exact) mass is 297 g/mol. The zero-order chi connectivity index (χ0) is 8.27. The number of hydrogen-bond donors (Lipinski definition) is 1. The summed E-state index contributed by atoms with van der Waals surface area (Å²) in [6.45, 7) is 0. The summed E-state index contributed by atoms with van der Waals surface area (Å²) < 4.78 is 0.727. The van der Waals surface area contributed by atoms with Crippen LogP contribution in [-0.2, 0) is 0 Å². The topological polar surface area (TPSA) is 12.0 Å². The summed E-state index contributed by atoms with van der Waals surface area (Å²) in [6.07, 6.45) is 0. The van der Waals surface area contributed by atoms with Gasteiger partial charge in [0.2, 0.25) is 0 Å². The van der Waals surface area contributed by atoms with Gasteiger partial charge in [-0.05, 0) is 46.9 Å². The molecule has 0 aliphatic heterocycles. The Hall–Kier alpha value is 0.130. The average Bonchev–Trinajstić information content (AvgIpc) is 1.93. The predicted molar refractivity (Wildman–Crippen MR) is 61.7 cm³/mol. The van der Waals surface area contributed by atoms with E-state index >= 15 is 0 Å². The van der Waals surface area contributed by atoms with E-state index in [2.05, 4.69) is 5.32 Å². The second-order valence-corrected chi connectivity index (χ2v) is 4.56. The Morgan fingerprint density at radius 2 is 1.91 bits per heavy atom. The highest BCUT2D eigenvalue weighted by molar-refractivity contribution is 14.1. The molecule has 11 heavy (non-hydrogen) atoms. The molecule has 0 aromatic heterocycles. The molecule has 0 aliphatic rings. The van der Waals surface area contributed by atoms with E-state index in [1.807, 2.05) is 46.9 Å². The minimum absolute atomic E-state index is 0.727. The van der Waals surface area contributed by atoms with Crippen molar-refractivity contribution in [3.63, 3.8) is 0 Å². The first-order chi connectivity index (χ1) is 5.18. The van der Waals surface area contributed by atoms with Gasteiger partial charge in [0.1, 0.15) is 3.00 Å². The van der Waals surface area contributed by atoms with Gasteiger partial charge in [0, 0.05) is 10.7 Å². The van der Waals surface area contributed by atoms with Gasteiger partial charge < -0.3 is 5.32 Å². The van der Waals surface area contributed by atoms with Gasteiger partial charge in [-0.15, -0.1) is 0 Å². The van der Waals surface area contributed by atoms with Crippen molar-refractivity contribution in [2.45, 2.75) is 0 Å². The third-order valence-corrected chi connectivity index (χ3v) is 1.71. The number of nitrogens with one attached hydrogen (secondary N) is 1. The number of rotatable bonds is 1. The lowest BCUT2D eigenvalue weighted by Gasteiger charge is -2.00. The van der Waals surface area contributed by atoms with E-state index in [0.29, 0.717) is 0 Å². The average molecular weight is 298 g/mol. The fraction of sp³-hybridized carbons (Fsp3) is 0. The van der Waals surface area contributed by atoms with Crippen molar-refractivity contribution in [1.29, 1.82) is 0 Å². The third kappa shape index (κ3) is 3.35. The minimum atomic E-state index is 0.727. The van der Waals surface area contributed by atoms with E-state index < -0.39 is 0 Å². The second-order valence-electron chi connectivity index (χ2n) is 1.91. The first-order valence-electron chi connectivity index (χ1n) is 2.90. The van der Waals surface area contributed by atoms with Gasteiger partial charge in [-0.2, -0.15) is 0 Å². The molecular formula is C7H5ClINS. The van der Waals surface area contributed by atoms with E-state index in [4.69, 9.17) is 23.8 Å². The van der Waals surface area contributed by atoms with Gasteiger partial charge in [-0.1, -0.05) is 23.8 Å². The molecule has 1 aromatic carbocycles. The summed E-state index contributed by atoms with van der Waals surface area (Å²) in [6, 6.07) is 7.40. The Bertz CT molecular complexity index is 260. The Kier molecular flexibility index (Phi) is 3.54. The molecule has 1 rings (SSSR count). The highest BCUT2D eigenvalue weighted by Gasteiger charge is 1.91. The molecule has 0 heterocycles. The molecule has 1 aromatic rings. The van der Waals surface area contributed by atoms with Crippen LogP contribution in [-0.4, -0.2) is 3.00 Å². The summed E-state index contributed by atoms with van der Waals surface area (Å²) >= 11 is 12.6. The Labute approximate surface area is 89.3 Å². The smallest absolute Gasteiger partial charge is 0.142 e. The zero-order valence-corrected chi connectivity index (χ0v) is 9.20. The van der Waals surface area contributed by atoms with Gasteiger partial charge in [-0.25, -0.2) is 0 Å². The molecule has 58 valence electrons. The van der Waals surface area contributed by atoms with Crippen LogP contribution < -0.4 is 5.32 Å². The highest BCUT2D eigenvalue weighted by atomic mass is 127. The molecule has 0 atom stereocenters. The molecule has 0 saturated heterocycles. The molecule has 0 unspecified atom stereocenters. The van der Waals surface area contributed by atoms with Crippen molar-refractivity contribution in [2.24, 2.45) is 0 Å². The van der Waals surface area contributed by atoms with Crippen molar-refractivity contribution >= 4 is 55.1 Å². The van der Waals surface area contributed by atoms with Crippen LogP contribution in [0.5, 0.6) is 0 Å². The maximum absolute atomic E-state index is 5.69. The van der Waals surface area contributed by atoms with Gasteiger partial charge in [0.25, 0.3) is 0 Å². The molecule has 0 bridgehead atoms. The minimum Gasteiger partial charge on any atom is -0.342 e. The summed E-state index contributed by atoms with van der Waals surface area (Å²) in [5.74, 6) is 0. The maximum Gasteiger partial charge on any atom is 0.142 e. The van der Waals surface area contributed by atoms with E-state index in [9.17, 15) is 0 Å². The lowest BCUT2D eigenvalue weighted by molar-refractivity contribution is 1.66. The molecular weight excluding hydrogens is 293 g/mol. The van der Waals surface area contributed by atoms with Gasteiger partial charge in [0.05, 0.1) is 0 Å². The van der Waals surface area contributed by atoms with E-state index in [1.54, 1.807) is 0 Å². The predicted octanol–water partition coefficient (Wildman–Crippen LogP) is 3.47. The van der Waals surface area contributed by atoms with Crippen molar-refractivity contribution in [3.05, 3.63) is 29.3 Å². The largest absolute Gasteiger partial charge is 0.342 e. The molecule has 1 nitrogen and oxygen atoms in total. The Balaban J connectivity index is 2.74. The SMILES string of the molecule is S=C(I)Nc1ccc(Cl)cc1. The first-order valence-corrected chi connectivity index (χ1v) is 4.77. The van der Waals surface area contributed by atoms with Crippen LogP contribution in [0.1, 0.15) is 0 Å². The fourth-order valence-electron chi connectivity index (χ4n) is 0.647. The van der Waals surface area contributed by atoms with Crippen molar-refractivity contribution in [3.8, 4) is 0 Å². The van der Waals surface area contributed by atoms with Gasteiger partial charge >= 0.3 is 0 Å². The second kappa shape index (κ2) is 4.23. The summed E-state index contributed by atoms with van der Waals surface area (Å²) in [5.41, 5.74) is 0.966. The van der Waals surface area contributed by atoms with Crippen LogP contribution in [0.3, 0.4) is 0 Å². The van der Waals surface area contributed by atoms with Crippen LogP contribution in [0.25, 0.3) is 0 Å². The number of thiocarbonyl (C=S) groups is 1. The van der Waals surface area contributed by atoms with E-state index in [0.717, 1.165) is 13.7 Å². The number of halogens is 2. The van der Waals surface area contributed by atoms with Gasteiger partial charge in [0.15, 0.2) is 0 Å². The molecule has 0 amide bonds. The van der Waals surface area contributed by atoms with E-state index in [1.165, 1.54) is 0 Å². The number of anilines is 1. The zero-order valence-electron chi connectivity index (χ0n) is 5.47. The lowest BCUT2D eigenvalue weighted by Crippen LogP contribution is -1.98.